The summed E-state index contributed by atoms with van der Waals surface area (Å²) >= 11 is 1.56. The summed E-state index contributed by atoms with van der Waals surface area (Å²) in [7, 11) is 3.25. The van der Waals surface area contributed by atoms with Gasteiger partial charge in [-0.3, -0.25) is 24.4 Å². The largest absolute Gasteiger partial charge is 0.379 e. The van der Waals surface area contributed by atoms with Crippen molar-refractivity contribution < 1.29 is 33.3 Å². The summed E-state index contributed by atoms with van der Waals surface area (Å²) in [6, 6.07) is 19.5. The maximum absolute atomic E-state index is 12.1. The molecule has 0 atom stereocenters. The van der Waals surface area contributed by atoms with Crippen LogP contribution in [0.2, 0.25) is 0 Å². The first-order valence-corrected chi connectivity index (χ1v) is 20.2. The molecule has 5 rings (SSSR count). The topological polar surface area (TPSA) is 177 Å². The van der Waals surface area contributed by atoms with Crippen molar-refractivity contribution in [1.82, 2.24) is 40.8 Å². The van der Waals surface area contributed by atoms with Gasteiger partial charge in [0.1, 0.15) is 5.69 Å². The van der Waals surface area contributed by atoms with Crippen LogP contribution in [-0.4, -0.2) is 116 Å². The van der Waals surface area contributed by atoms with Gasteiger partial charge in [-0.05, 0) is 67.0 Å². The number of aromatic amines is 1. The Labute approximate surface area is 344 Å². The summed E-state index contributed by atoms with van der Waals surface area (Å²) in [4.78, 5) is 29.3. The number of rotatable bonds is 25. The number of aryl methyl sites for hydroxylation is 1. The summed E-state index contributed by atoms with van der Waals surface area (Å²) in [5, 5.41) is 21.9. The molecule has 0 aliphatic heterocycles. The Hall–Kier alpha value is -4.97. The van der Waals surface area contributed by atoms with Gasteiger partial charge >= 0.3 is 0 Å². The van der Waals surface area contributed by atoms with E-state index < -0.39 is 0 Å². The molecule has 58 heavy (non-hydrogen) atoms. The Morgan fingerprint density at radius 3 is 2.19 bits per heavy atom. The van der Waals surface area contributed by atoms with Crippen LogP contribution in [0.1, 0.15) is 54.1 Å². The van der Waals surface area contributed by atoms with Crippen molar-refractivity contribution in [2.45, 2.75) is 49.6 Å². The number of fused-ring (bicyclic) bond motifs is 1. The van der Waals surface area contributed by atoms with E-state index in [2.05, 4.69) is 50.0 Å². The Morgan fingerprint density at radius 1 is 0.828 bits per heavy atom. The highest BCUT2D eigenvalue weighted by atomic mass is 32.2. The number of nitrogens with zero attached hydrogens (tertiary/aromatic N) is 5. The number of ether oxygens (including phenoxy) is 5. The monoisotopic (exact) mass is 816 g/mol. The lowest BCUT2D eigenvalue weighted by atomic mass is 10.1. The highest BCUT2D eigenvalue weighted by Gasteiger charge is 2.12. The predicted octanol–water partition coefficient (Wildman–Crippen LogP) is 5.68. The molecule has 0 spiro atoms. The lowest BCUT2D eigenvalue weighted by Crippen LogP contribution is -2.20. The third-order valence-electron chi connectivity index (χ3n) is 8.26. The third-order valence-corrected chi connectivity index (χ3v) is 9.33. The first-order valence-electron chi connectivity index (χ1n) is 19.4. The lowest BCUT2D eigenvalue weighted by Gasteiger charge is -2.08. The molecular formula is C42H56N8O7S. The molecule has 16 heteroatoms. The lowest BCUT2D eigenvalue weighted by molar-refractivity contribution is -0.121. The maximum Gasteiger partial charge on any atom is 0.252 e. The Balaban J connectivity index is 0.000000257. The van der Waals surface area contributed by atoms with Crippen LogP contribution < -0.4 is 10.6 Å². The number of pyridine rings is 1. The first kappa shape index (κ1) is 45.7. The molecule has 0 bridgehead atoms. The first-order chi connectivity index (χ1) is 28.4. The van der Waals surface area contributed by atoms with E-state index in [-0.39, 0.29) is 11.8 Å². The maximum atomic E-state index is 12.1. The number of amides is 2. The van der Waals surface area contributed by atoms with E-state index in [0.29, 0.717) is 84.0 Å². The van der Waals surface area contributed by atoms with E-state index in [0.717, 1.165) is 50.7 Å². The Bertz CT molecular complexity index is 1950. The molecule has 0 saturated carbocycles. The number of hydrogen-bond donors (Lipinski definition) is 3. The minimum atomic E-state index is -0.0901. The summed E-state index contributed by atoms with van der Waals surface area (Å²) in [6.45, 7) is 10.1. The molecule has 3 aromatic heterocycles. The molecule has 312 valence electrons. The van der Waals surface area contributed by atoms with Gasteiger partial charge < -0.3 is 34.3 Å². The fourth-order valence-electron chi connectivity index (χ4n) is 5.10. The van der Waals surface area contributed by atoms with Gasteiger partial charge in [-0.25, -0.2) is 0 Å². The van der Waals surface area contributed by atoms with Gasteiger partial charge in [-0.2, -0.15) is 5.10 Å². The summed E-state index contributed by atoms with van der Waals surface area (Å²) < 4.78 is 28.9. The molecule has 0 fully saturated rings. The van der Waals surface area contributed by atoms with E-state index in [4.69, 9.17) is 23.7 Å². The number of carbonyl (C=O) groups excluding carboxylic acids is 2. The van der Waals surface area contributed by atoms with Crippen molar-refractivity contribution in [2.24, 2.45) is 5.92 Å². The highest BCUT2D eigenvalue weighted by Crippen LogP contribution is 2.33. The molecule has 0 saturated heterocycles. The van der Waals surface area contributed by atoms with Gasteiger partial charge in [0.2, 0.25) is 5.91 Å². The van der Waals surface area contributed by atoms with Crippen molar-refractivity contribution in [1.29, 1.82) is 0 Å². The van der Waals surface area contributed by atoms with Crippen LogP contribution in [0.25, 0.3) is 23.1 Å². The molecule has 0 aliphatic rings. The zero-order valence-electron chi connectivity index (χ0n) is 33.9. The van der Waals surface area contributed by atoms with Gasteiger partial charge in [-0.1, -0.05) is 49.0 Å². The second kappa shape index (κ2) is 26.9. The van der Waals surface area contributed by atoms with Crippen LogP contribution in [0.4, 0.5) is 0 Å². The van der Waals surface area contributed by atoms with E-state index in [9.17, 15) is 9.59 Å². The van der Waals surface area contributed by atoms with E-state index >= 15 is 0 Å². The molecule has 3 N–H and O–H groups in total. The van der Waals surface area contributed by atoms with Crippen LogP contribution in [0, 0.1) is 5.92 Å². The zero-order valence-corrected chi connectivity index (χ0v) is 34.7. The van der Waals surface area contributed by atoms with Crippen molar-refractivity contribution >= 4 is 46.6 Å². The van der Waals surface area contributed by atoms with Crippen molar-refractivity contribution in [2.75, 3.05) is 73.6 Å². The van der Waals surface area contributed by atoms with Crippen molar-refractivity contribution in [3.63, 3.8) is 0 Å². The van der Waals surface area contributed by atoms with Crippen LogP contribution in [0.5, 0.6) is 0 Å². The molecule has 15 nitrogen and oxygen atoms in total. The average Bonchev–Trinajstić information content (AvgIpc) is 3.88. The van der Waals surface area contributed by atoms with E-state index in [1.54, 1.807) is 32.1 Å². The van der Waals surface area contributed by atoms with Crippen LogP contribution in [-0.2, 0) is 41.6 Å². The SMILES string of the molecule is CNC(=O)CCOCCOCCOCCOCCOCc1cn(CCC(C)C)nn1.CNC(=O)c1ccccc1Sc1ccc2c(/C=C/c3ccccn3)n[nH]c2c1. The Morgan fingerprint density at radius 2 is 1.52 bits per heavy atom. The molecular weight excluding hydrogens is 761 g/mol. The van der Waals surface area contributed by atoms with Crippen LogP contribution in [0.3, 0.4) is 0 Å². The van der Waals surface area contributed by atoms with Crippen LogP contribution >= 0.6 is 11.8 Å². The van der Waals surface area contributed by atoms with Gasteiger partial charge in [0.05, 0.1) is 94.7 Å². The number of aromatic nitrogens is 6. The van der Waals surface area contributed by atoms with Crippen molar-refractivity contribution in [3.05, 3.63) is 95.7 Å². The molecule has 5 aromatic rings. The molecule has 0 unspecified atom stereocenters. The fraction of sp³-hybridized carbons (Fsp3) is 0.429. The second-order valence-electron chi connectivity index (χ2n) is 13.2. The number of H-pyrrole nitrogens is 1. The molecule has 2 aromatic carbocycles. The zero-order chi connectivity index (χ0) is 41.2. The minimum absolute atomic E-state index is 0.0281. The second-order valence-corrected chi connectivity index (χ2v) is 14.3. The average molecular weight is 817 g/mol. The molecule has 0 radical (unpaired) electrons. The Kier molecular flexibility index (Phi) is 21.2. The minimum Gasteiger partial charge on any atom is -0.379 e. The highest BCUT2D eigenvalue weighted by molar-refractivity contribution is 7.99. The number of hydrogen-bond acceptors (Lipinski definition) is 12. The van der Waals surface area contributed by atoms with E-state index in [1.807, 2.05) is 83.7 Å². The van der Waals surface area contributed by atoms with Gasteiger partial charge in [0, 0.05) is 48.4 Å². The third kappa shape index (κ3) is 17.3. The number of nitrogens with one attached hydrogen (secondary N) is 3. The van der Waals surface area contributed by atoms with Gasteiger partial charge in [0.25, 0.3) is 5.91 Å². The summed E-state index contributed by atoms with van der Waals surface area (Å²) in [5.41, 5.74) is 4.19. The normalized spacial score (nSPS) is 11.3. The fourth-order valence-corrected chi connectivity index (χ4v) is 6.09. The predicted molar refractivity (Wildman–Crippen MR) is 224 cm³/mol. The number of benzene rings is 2. The standard InChI is InChI=1S/C22H18N4OS.C20H38N4O6/c1-23-22(27)18-7-2-3-8-21(18)28-16-10-11-17-19(25-26-20(17)14-16)12-9-15-6-4-5-13-24-15;1-18(2)4-6-24-16-19(22-23-24)17-30-15-14-29-13-12-28-11-10-27-9-8-26-7-5-20(25)21-3/h2-14H,1H3,(H,23,27)(H,25,26);16,18H,4-15,17H2,1-3H3,(H,21,25)/b12-9+;. The summed E-state index contributed by atoms with van der Waals surface area (Å²) in [5.74, 6) is 0.529. The van der Waals surface area contributed by atoms with Crippen LogP contribution in [0.15, 0.2) is 82.8 Å². The van der Waals surface area contributed by atoms with Gasteiger partial charge in [-0.15, -0.1) is 5.10 Å². The molecule has 2 amide bonds. The van der Waals surface area contributed by atoms with E-state index in [1.165, 1.54) is 0 Å². The number of carbonyl (C=O) groups is 2. The molecule has 0 aliphatic carbocycles. The van der Waals surface area contributed by atoms with Crippen molar-refractivity contribution in [3.8, 4) is 0 Å². The smallest absolute Gasteiger partial charge is 0.252 e. The quantitative estimate of drug-likeness (QED) is 0.0616. The summed E-state index contributed by atoms with van der Waals surface area (Å²) in [6.07, 6.45) is 9.04. The van der Waals surface area contributed by atoms with Gasteiger partial charge in [0.15, 0.2) is 0 Å². The molecule has 3 heterocycles.